The molecule has 0 aliphatic rings. The van der Waals surface area contributed by atoms with Gasteiger partial charge in [-0.25, -0.2) is 0 Å². The van der Waals surface area contributed by atoms with Gasteiger partial charge in [0.1, 0.15) is 0 Å². The third-order valence-corrected chi connectivity index (χ3v) is 3.80. The Morgan fingerprint density at radius 3 is 1.67 bits per heavy atom. The quantitative estimate of drug-likeness (QED) is 0.675. The van der Waals surface area contributed by atoms with Crippen molar-refractivity contribution < 1.29 is 0 Å². The lowest BCUT2D eigenvalue weighted by molar-refractivity contribution is 1.09. The van der Waals surface area contributed by atoms with E-state index in [0.29, 0.717) is 20.3 Å². The molecule has 3 rings (SSSR count). The zero-order valence-corrected chi connectivity index (χ0v) is 13.0. The summed E-state index contributed by atoms with van der Waals surface area (Å²) in [6.45, 7) is 0. The number of halogens is 2. The van der Waals surface area contributed by atoms with E-state index in [-0.39, 0.29) is 0 Å². The highest BCUT2D eigenvalue weighted by Gasteiger charge is 2.05. The second-order valence-corrected chi connectivity index (χ2v) is 6.03. The molecule has 21 heavy (non-hydrogen) atoms. The van der Waals surface area contributed by atoms with Gasteiger partial charge in [0.2, 0.25) is 10.3 Å². The van der Waals surface area contributed by atoms with Gasteiger partial charge in [-0.3, -0.25) is 0 Å². The lowest BCUT2D eigenvalue weighted by Gasteiger charge is -2.02. The predicted octanol–water partition coefficient (Wildman–Crippen LogP) is 5.33. The minimum atomic E-state index is 0.668. The van der Waals surface area contributed by atoms with Crippen LogP contribution in [-0.4, -0.2) is 10.2 Å². The van der Waals surface area contributed by atoms with E-state index in [0.717, 1.165) is 11.4 Å². The van der Waals surface area contributed by atoms with Gasteiger partial charge in [-0.05, 0) is 36.4 Å². The van der Waals surface area contributed by atoms with Crippen LogP contribution in [0.3, 0.4) is 0 Å². The van der Waals surface area contributed by atoms with Crippen LogP contribution in [0.25, 0.3) is 0 Å². The van der Waals surface area contributed by atoms with Crippen molar-refractivity contribution in [3.63, 3.8) is 0 Å². The lowest BCUT2D eigenvalue weighted by atomic mass is 10.3. The molecule has 4 nitrogen and oxygen atoms in total. The van der Waals surface area contributed by atoms with Gasteiger partial charge in [-0.1, -0.05) is 46.7 Å². The van der Waals surface area contributed by atoms with Crippen molar-refractivity contribution in [1.82, 2.24) is 10.2 Å². The summed E-state index contributed by atoms with van der Waals surface area (Å²) >= 11 is 13.3. The molecule has 0 unspecified atom stereocenters. The number of rotatable bonds is 4. The molecule has 0 amide bonds. The molecule has 0 atom stereocenters. The average Bonchev–Trinajstić information content (AvgIpc) is 2.86. The number of aromatic nitrogens is 2. The van der Waals surface area contributed by atoms with Crippen molar-refractivity contribution in [3.05, 3.63) is 58.6 Å². The molecule has 1 aromatic heterocycles. The van der Waals surface area contributed by atoms with Gasteiger partial charge in [-0.15, -0.1) is 10.2 Å². The zero-order valence-electron chi connectivity index (χ0n) is 10.7. The molecule has 1 heterocycles. The fraction of sp³-hybridized carbons (Fsp3) is 0. The fourth-order valence-electron chi connectivity index (χ4n) is 1.70. The monoisotopic (exact) mass is 336 g/mol. The van der Waals surface area contributed by atoms with Crippen LogP contribution in [0.1, 0.15) is 0 Å². The molecule has 106 valence electrons. The van der Waals surface area contributed by atoms with Gasteiger partial charge in [-0.2, -0.15) is 0 Å². The summed E-state index contributed by atoms with van der Waals surface area (Å²) < 4.78 is 0. The summed E-state index contributed by atoms with van der Waals surface area (Å²) in [4.78, 5) is 0. The van der Waals surface area contributed by atoms with Crippen molar-refractivity contribution >= 4 is 56.2 Å². The minimum Gasteiger partial charge on any atom is -0.330 e. The summed E-state index contributed by atoms with van der Waals surface area (Å²) in [7, 11) is 0. The number of anilines is 4. The minimum absolute atomic E-state index is 0.668. The Morgan fingerprint density at radius 2 is 1.24 bits per heavy atom. The third-order valence-electron chi connectivity index (χ3n) is 2.58. The smallest absolute Gasteiger partial charge is 0.211 e. The summed E-state index contributed by atoms with van der Waals surface area (Å²) in [6, 6.07) is 14.9. The lowest BCUT2D eigenvalue weighted by Crippen LogP contribution is -1.89. The zero-order chi connectivity index (χ0) is 14.7. The highest BCUT2D eigenvalue weighted by atomic mass is 35.5. The summed E-state index contributed by atoms with van der Waals surface area (Å²) in [5.74, 6) is 0. The molecule has 0 radical (unpaired) electrons. The molecule has 3 aromatic rings. The third kappa shape index (κ3) is 3.85. The van der Waals surface area contributed by atoms with Crippen LogP contribution >= 0.6 is 34.5 Å². The molecule has 0 saturated carbocycles. The van der Waals surface area contributed by atoms with E-state index in [4.69, 9.17) is 23.2 Å². The predicted molar refractivity (Wildman–Crippen MR) is 89.4 cm³/mol. The van der Waals surface area contributed by atoms with Crippen LogP contribution in [0.2, 0.25) is 10.0 Å². The van der Waals surface area contributed by atoms with Gasteiger partial charge in [0, 0.05) is 21.4 Å². The Kier molecular flexibility index (Phi) is 4.24. The number of nitrogens with one attached hydrogen (secondary N) is 2. The topological polar surface area (TPSA) is 49.8 Å². The molecular weight excluding hydrogens is 327 g/mol. The van der Waals surface area contributed by atoms with Gasteiger partial charge in [0.05, 0.1) is 0 Å². The second-order valence-electron chi connectivity index (χ2n) is 4.18. The van der Waals surface area contributed by atoms with E-state index in [1.165, 1.54) is 11.3 Å². The second kappa shape index (κ2) is 6.30. The van der Waals surface area contributed by atoms with Crippen LogP contribution in [0.4, 0.5) is 21.6 Å². The molecule has 2 aromatic carbocycles. The number of nitrogens with zero attached hydrogens (tertiary/aromatic N) is 2. The maximum absolute atomic E-state index is 5.94. The van der Waals surface area contributed by atoms with Crippen molar-refractivity contribution in [1.29, 1.82) is 0 Å². The van der Waals surface area contributed by atoms with Gasteiger partial charge in [0.25, 0.3) is 0 Å². The van der Waals surface area contributed by atoms with E-state index in [1.807, 2.05) is 48.5 Å². The highest BCUT2D eigenvalue weighted by Crippen LogP contribution is 2.28. The van der Waals surface area contributed by atoms with Crippen molar-refractivity contribution in [2.75, 3.05) is 10.6 Å². The fourth-order valence-corrected chi connectivity index (χ4v) is 2.77. The normalized spacial score (nSPS) is 10.4. The van der Waals surface area contributed by atoms with E-state index in [2.05, 4.69) is 20.8 Å². The molecule has 0 bridgehead atoms. The summed E-state index contributed by atoms with van der Waals surface area (Å²) in [6.07, 6.45) is 0. The van der Waals surface area contributed by atoms with Crippen LogP contribution in [0.5, 0.6) is 0 Å². The van der Waals surface area contributed by atoms with Gasteiger partial charge < -0.3 is 10.6 Å². The Labute approximate surface area is 135 Å². The first-order valence-electron chi connectivity index (χ1n) is 6.08. The Bertz CT molecular complexity index is 698. The van der Waals surface area contributed by atoms with Crippen LogP contribution in [0.15, 0.2) is 48.5 Å². The largest absolute Gasteiger partial charge is 0.330 e. The van der Waals surface area contributed by atoms with Crippen molar-refractivity contribution in [2.45, 2.75) is 0 Å². The first kappa shape index (κ1) is 14.1. The number of hydrogen-bond donors (Lipinski definition) is 2. The molecule has 0 aliphatic heterocycles. The maximum atomic E-state index is 5.94. The first-order chi connectivity index (χ1) is 10.2. The molecule has 0 saturated heterocycles. The van der Waals surface area contributed by atoms with E-state index >= 15 is 0 Å². The van der Waals surface area contributed by atoms with E-state index in [1.54, 1.807) is 0 Å². The summed E-state index contributed by atoms with van der Waals surface area (Å²) in [5.41, 5.74) is 1.74. The number of benzene rings is 2. The molecular formula is C14H10Cl2N4S. The van der Waals surface area contributed by atoms with E-state index in [9.17, 15) is 0 Å². The van der Waals surface area contributed by atoms with E-state index < -0.39 is 0 Å². The molecule has 2 N–H and O–H groups in total. The molecule has 0 fully saturated rings. The Balaban J connectivity index is 1.71. The molecule has 7 heteroatoms. The molecule has 0 aliphatic carbocycles. The van der Waals surface area contributed by atoms with Crippen molar-refractivity contribution in [3.8, 4) is 0 Å². The standard InChI is InChI=1S/C14H10Cl2N4S/c15-9-3-1-5-11(7-9)17-13-19-20-14(21-13)18-12-6-2-4-10(16)8-12/h1-8H,(H,17,19)(H,18,20). The SMILES string of the molecule is Clc1cccc(Nc2nnc(Nc3cccc(Cl)c3)s2)c1. The highest BCUT2D eigenvalue weighted by molar-refractivity contribution is 7.19. The Morgan fingerprint density at radius 1 is 0.762 bits per heavy atom. The molecule has 0 spiro atoms. The van der Waals surface area contributed by atoms with Crippen LogP contribution < -0.4 is 10.6 Å². The van der Waals surface area contributed by atoms with Crippen molar-refractivity contribution in [2.24, 2.45) is 0 Å². The average molecular weight is 337 g/mol. The van der Waals surface area contributed by atoms with Gasteiger partial charge >= 0.3 is 0 Å². The first-order valence-corrected chi connectivity index (χ1v) is 7.65. The maximum Gasteiger partial charge on any atom is 0.211 e. The van der Waals surface area contributed by atoms with Crippen LogP contribution in [-0.2, 0) is 0 Å². The van der Waals surface area contributed by atoms with Gasteiger partial charge in [0.15, 0.2) is 0 Å². The number of hydrogen-bond acceptors (Lipinski definition) is 5. The summed E-state index contributed by atoms with van der Waals surface area (Å²) in [5, 5.41) is 17.2. The van der Waals surface area contributed by atoms with Crippen LogP contribution in [0, 0.1) is 0 Å². The Hall–Kier alpha value is -1.82.